The zero-order chi connectivity index (χ0) is 22.9. The van der Waals surface area contributed by atoms with Gasteiger partial charge in [-0.3, -0.25) is 0 Å². The van der Waals surface area contributed by atoms with Crippen molar-refractivity contribution in [1.29, 1.82) is 0 Å². The van der Waals surface area contributed by atoms with E-state index in [1.165, 1.54) is 12.1 Å². The van der Waals surface area contributed by atoms with Crippen LogP contribution in [0.25, 0.3) is 0 Å². The van der Waals surface area contributed by atoms with Gasteiger partial charge in [0.25, 0.3) is 10.0 Å². The Kier molecular flexibility index (Phi) is 6.22. The molecule has 0 saturated carbocycles. The van der Waals surface area contributed by atoms with Crippen LogP contribution in [0.15, 0.2) is 86.4 Å². The zero-order valence-electron chi connectivity index (χ0n) is 18.2. The van der Waals surface area contributed by atoms with Crippen molar-refractivity contribution >= 4 is 19.9 Å². The highest BCUT2D eigenvalue weighted by molar-refractivity contribution is 8.02. The van der Waals surface area contributed by atoms with Crippen molar-refractivity contribution in [2.24, 2.45) is 3.77 Å². The topological polar surface area (TPSA) is 84.8 Å². The average molecular weight is 471 g/mol. The number of methoxy groups -OCH3 is 1. The quantitative estimate of drug-likeness (QED) is 0.581. The predicted molar refractivity (Wildman–Crippen MR) is 125 cm³/mol. The van der Waals surface area contributed by atoms with Crippen molar-refractivity contribution in [3.05, 3.63) is 95.1 Å². The second-order valence-electron chi connectivity index (χ2n) is 7.97. The lowest BCUT2D eigenvalue weighted by Gasteiger charge is -2.23. The maximum atomic E-state index is 14.3. The molecule has 1 N–H and O–H groups in total. The van der Waals surface area contributed by atoms with Gasteiger partial charge >= 0.3 is 0 Å². The summed E-state index contributed by atoms with van der Waals surface area (Å²) in [5.74, 6) is 0. The largest absolute Gasteiger partial charge is 0.379 e. The molecule has 0 spiro atoms. The number of nitrogens with one attached hydrogen (secondary N) is 1. The van der Waals surface area contributed by atoms with Crippen LogP contribution in [-0.2, 0) is 31.1 Å². The van der Waals surface area contributed by atoms with Gasteiger partial charge in [0.05, 0.1) is 21.9 Å². The highest BCUT2D eigenvalue weighted by Gasteiger charge is 2.36. The number of sulfonamides is 1. The molecule has 3 aromatic carbocycles. The maximum Gasteiger partial charge on any atom is 0.291 e. The van der Waals surface area contributed by atoms with Gasteiger partial charge in [0.1, 0.15) is 0 Å². The number of hydrogen-bond donors (Lipinski definition) is 1. The molecular weight excluding hydrogens is 444 g/mol. The first-order chi connectivity index (χ1) is 15.2. The first-order valence-corrected chi connectivity index (χ1v) is 13.2. The third-order valence-electron chi connectivity index (χ3n) is 5.63. The Morgan fingerprint density at radius 2 is 1.41 bits per heavy atom. The van der Waals surface area contributed by atoms with Crippen LogP contribution in [-0.4, -0.2) is 25.8 Å². The molecule has 6 nitrogen and oxygen atoms in total. The van der Waals surface area contributed by atoms with Gasteiger partial charge in [0, 0.05) is 13.5 Å². The van der Waals surface area contributed by atoms with Gasteiger partial charge in [0.15, 0.2) is 9.92 Å². The summed E-state index contributed by atoms with van der Waals surface area (Å²) >= 11 is 0. The van der Waals surface area contributed by atoms with E-state index >= 15 is 0 Å². The van der Waals surface area contributed by atoms with Crippen molar-refractivity contribution in [1.82, 2.24) is 4.72 Å². The summed E-state index contributed by atoms with van der Waals surface area (Å²) < 4.78 is 53.3. The van der Waals surface area contributed by atoms with E-state index in [-0.39, 0.29) is 11.0 Å². The number of nitrogens with zero attached hydrogens (tertiary/aromatic N) is 1. The van der Waals surface area contributed by atoms with Gasteiger partial charge in [0.2, 0.25) is 0 Å². The molecule has 0 aromatic heterocycles. The predicted octanol–water partition coefficient (Wildman–Crippen LogP) is 4.34. The van der Waals surface area contributed by atoms with E-state index < -0.39 is 26.0 Å². The van der Waals surface area contributed by atoms with E-state index in [4.69, 9.17) is 4.74 Å². The molecular formula is C24H26N2O4S2. The molecule has 0 amide bonds. The number of rotatable bonds is 6. The Hall–Kier alpha value is -2.52. The van der Waals surface area contributed by atoms with Crippen LogP contribution in [0.4, 0.5) is 0 Å². The van der Waals surface area contributed by atoms with E-state index in [9.17, 15) is 12.6 Å². The average Bonchev–Trinajstić information content (AvgIpc) is 3.11. The van der Waals surface area contributed by atoms with Gasteiger partial charge < -0.3 is 4.74 Å². The van der Waals surface area contributed by atoms with E-state index in [0.717, 1.165) is 22.3 Å². The van der Waals surface area contributed by atoms with E-state index in [2.05, 4.69) is 8.49 Å². The van der Waals surface area contributed by atoms with E-state index in [1.807, 2.05) is 38.1 Å². The number of benzene rings is 3. The Labute approximate surface area is 190 Å². The SMILES string of the molecule is CO[C@H]1Cc2ccccc2[C@@H]1NS(=O)(=NS(=O)(=O)c1ccc(C)cc1)c1ccc(C)cc1. The van der Waals surface area contributed by atoms with Crippen molar-refractivity contribution in [3.63, 3.8) is 0 Å². The molecule has 1 unspecified atom stereocenters. The minimum atomic E-state index is -4.19. The summed E-state index contributed by atoms with van der Waals surface area (Å²) in [6.45, 7) is 3.78. The van der Waals surface area contributed by atoms with Gasteiger partial charge in [-0.2, -0.15) is 8.42 Å². The summed E-state index contributed by atoms with van der Waals surface area (Å²) in [7, 11) is -6.16. The van der Waals surface area contributed by atoms with Crippen molar-refractivity contribution < 1.29 is 17.4 Å². The Bertz CT molecular complexity index is 1340. The highest BCUT2D eigenvalue weighted by Crippen LogP contribution is 2.35. The molecule has 0 radical (unpaired) electrons. The monoisotopic (exact) mass is 470 g/mol. The summed E-state index contributed by atoms with van der Waals surface area (Å²) in [6, 6.07) is 20.5. The zero-order valence-corrected chi connectivity index (χ0v) is 19.8. The number of ether oxygens (including phenoxy) is 1. The van der Waals surface area contributed by atoms with Crippen LogP contribution in [0.3, 0.4) is 0 Å². The van der Waals surface area contributed by atoms with Crippen LogP contribution in [0.5, 0.6) is 0 Å². The molecule has 1 aliphatic carbocycles. The molecule has 0 saturated heterocycles. The number of fused-ring (bicyclic) bond motifs is 1. The molecule has 8 heteroatoms. The van der Waals surface area contributed by atoms with Crippen LogP contribution in [0, 0.1) is 13.8 Å². The summed E-state index contributed by atoms with van der Waals surface area (Å²) in [5, 5.41) is 0. The third-order valence-corrected chi connectivity index (χ3v) is 9.61. The summed E-state index contributed by atoms with van der Waals surface area (Å²) in [4.78, 5) is 0.304. The second kappa shape index (κ2) is 8.78. The smallest absolute Gasteiger partial charge is 0.291 e. The highest BCUT2D eigenvalue weighted by atomic mass is 32.3. The molecule has 1 aliphatic rings. The van der Waals surface area contributed by atoms with E-state index in [0.29, 0.717) is 11.3 Å². The van der Waals surface area contributed by atoms with Crippen LogP contribution >= 0.6 is 0 Å². The minimum Gasteiger partial charge on any atom is -0.379 e. The Morgan fingerprint density at radius 1 is 0.844 bits per heavy atom. The molecule has 4 rings (SSSR count). The fraction of sp³-hybridized carbons (Fsp3) is 0.250. The molecule has 0 fully saturated rings. The Morgan fingerprint density at radius 3 is 2.00 bits per heavy atom. The molecule has 0 aliphatic heterocycles. The normalized spacial score (nSPS) is 19.8. The van der Waals surface area contributed by atoms with Crippen molar-refractivity contribution in [2.75, 3.05) is 7.11 Å². The van der Waals surface area contributed by atoms with Crippen molar-refractivity contribution in [2.45, 2.75) is 42.2 Å². The molecule has 0 bridgehead atoms. The van der Waals surface area contributed by atoms with Gasteiger partial charge in [-0.25, -0.2) is 8.93 Å². The Balaban J connectivity index is 1.86. The fourth-order valence-corrected chi connectivity index (χ4v) is 7.55. The third kappa shape index (κ3) is 4.49. The maximum absolute atomic E-state index is 14.3. The van der Waals surface area contributed by atoms with Crippen LogP contribution < -0.4 is 4.72 Å². The molecule has 32 heavy (non-hydrogen) atoms. The lowest BCUT2D eigenvalue weighted by molar-refractivity contribution is 0.0862. The van der Waals surface area contributed by atoms with E-state index in [1.54, 1.807) is 43.5 Å². The lowest BCUT2D eigenvalue weighted by atomic mass is 10.1. The standard InChI is InChI=1S/C24H26N2O4S2/c1-17-8-12-20(13-9-17)31(27,26-32(28,29)21-14-10-18(2)11-15-21)25-24-22-7-5-4-6-19(22)16-23(24)30-3/h4-15,23-24H,16H2,1-3H3,(H,25,26,27)/t23-,24-,31?/m0/s1. The molecule has 0 heterocycles. The van der Waals surface area contributed by atoms with Gasteiger partial charge in [-0.05, 0) is 49.2 Å². The number of aryl methyl sites for hydroxylation is 2. The van der Waals surface area contributed by atoms with Crippen molar-refractivity contribution in [3.8, 4) is 0 Å². The first-order valence-electron chi connectivity index (χ1n) is 10.3. The summed E-state index contributed by atoms with van der Waals surface area (Å²) in [6.07, 6.45) is 0.342. The molecule has 168 valence electrons. The first kappa shape index (κ1) is 22.7. The lowest BCUT2D eigenvalue weighted by Crippen LogP contribution is -2.35. The minimum absolute atomic E-state index is 0.000139. The fourth-order valence-electron chi connectivity index (χ4n) is 3.84. The van der Waals surface area contributed by atoms with Gasteiger partial charge in [-0.15, -0.1) is 0 Å². The van der Waals surface area contributed by atoms with Gasteiger partial charge in [-0.1, -0.05) is 63.4 Å². The van der Waals surface area contributed by atoms with Crippen LogP contribution in [0.2, 0.25) is 0 Å². The molecule has 3 aromatic rings. The number of hydrogen-bond acceptors (Lipinski definition) is 4. The van der Waals surface area contributed by atoms with Crippen LogP contribution in [0.1, 0.15) is 28.3 Å². The molecule has 3 atom stereocenters. The summed E-state index contributed by atoms with van der Waals surface area (Å²) in [5.41, 5.74) is 3.90. The second-order valence-corrected chi connectivity index (χ2v) is 11.8.